The van der Waals surface area contributed by atoms with E-state index in [0.717, 1.165) is 22.4 Å². The zero-order chi connectivity index (χ0) is 25.2. The molecule has 0 unspecified atom stereocenters. The van der Waals surface area contributed by atoms with Crippen LogP contribution in [0.1, 0.15) is 27.0 Å². The predicted molar refractivity (Wildman–Crippen MR) is 138 cm³/mol. The molecule has 3 aromatic rings. The zero-order valence-electron chi connectivity index (χ0n) is 20.0. The standard InChI is InChI=1S/C29H30N2O4/c1-31(2)25-15-10-21(11-16-25)12-17-29(35)30-26(18-22-6-4-3-5-7-22)27(33)19-23-8-13-24(14-9-23)28(34)20-32/h3-17,26,32H,18-20H2,1-2H3,(H,30,35)/b17-12+/t26-/m0/s1. The molecule has 35 heavy (non-hydrogen) atoms. The Morgan fingerprint density at radius 1 is 0.886 bits per heavy atom. The van der Waals surface area contributed by atoms with E-state index >= 15 is 0 Å². The van der Waals surface area contributed by atoms with Gasteiger partial charge in [0.05, 0.1) is 6.04 Å². The van der Waals surface area contributed by atoms with E-state index in [1.165, 1.54) is 6.08 Å². The van der Waals surface area contributed by atoms with Crippen molar-refractivity contribution in [2.45, 2.75) is 18.9 Å². The van der Waals surface area contributed by atoms with Gasteiger partial charge in [0.25, 0.3) is 0 Å². The van der Waals surface area contributed by atoms with E-state index in [9.17, 15) is 14.4 Å². The molecular weight excluding hydrogens is 440 g/mol. The Balaban J connectivity index is 1.70. The fourth-order valence-corrected chi connectivity index (χ4v) is 3.59. The van der Waals surface area contributed by atoms with Crippen LogP contribution in [0, 0.1) is 0 Å². The first-order valence-corrected chi connectivity index (χ1v) is 11.4. The quantitative estimate of drug-likeness (QED) is 0.331. The summed E-state index contributed by atoms with van der Waals surface area (Å²) in [6, 6.07) is 23.2. The minimum absolute atomic E-state index is 0.112. The van der Waals surface area contributed by atoms with Gasteiger partial charge < -0.3 is 15.3 Å². The van der Waals surface area contributed by atoms with Crippen molar-refractivity contribution in [3.8, 4) is 0 Å². The maximum atomic E-state index is 13.2. The Bertz CT molecular complexity index is 1170. The van der Waals surface area contributed by atoms with Gasteiger partial charge in [-0.25, -0.2) is 0 Å². The molecule has 0 fully saturated rings. The summed E-state index contributed by atoms with van der Waals surface area (Å²) in [7, 11) is 3.93. The Kier molecular flexibility index (Phi) is 9.09. The number of aliphatic hydroxyl groups excluding tert-OH is 1. The van der Waals surface area contributed by atoms with Crippen molar-refractivity contribution in [3.05, 3.63) is 107 Å². The number of nitrogens with zero attached hydrogens (tertiary/aromatic N) is 1. The van der Waals surface area contributed by atoms with E-state index in [-0.39, 0.29) is 23.9 Å². The summed E-state index contributed by atoms with van der Waals surface area (Å²) in [5.41, 5.74) is 4.01. The molecule has 180 valence electrons. The van der Waals surface area contributed by atoms with Crippen LogP contribution < -0.4 is 10.2 Å². The van der Waals surface area contributed by atoms with Crippen LogP contribution in [0.4, 0.5) is 5.69 Å². The molecule has 0 saturated heterocycles. The molecule has 6 heteroatoms. The van der Waals surface area contributed by atoms with E-state index < -0.39 is 12.6 Å². The highest BCUT2D eigenvalue weighted by Gasteiger charge is 2.21. The summed E-state index contributed by atoms with van der Waals surface area (Å²) in [5.74, 6) is -0.854. The highest BCUT2D eigenvalue weighted by molar-refractivity contribution is 5.98. The number of anilines is 1. The number of Topliss-reactive ketones (excluding diaryl/α,β-unsaturated/α-hetero) is 2. The molecule has 0 aliphatic rings. The number of benzene rings is 3. The largest absolute Gasteiger partial charge is 0.388 e. The maximum absolute atomic E-state index is 13.2. The molecule has 0 aliphatic heterocycles. The van der Waals surface area contributed by atoms with Gasteiger partial charge in [0.2, 0.25) is 5.91 Å². The number of rotatable bonds is 11. The summed E-state index contributed by atoms with van der Waals surface area (Å²) in [6.45, 7) is -0.559. The second kappa shape index (κ2) is 12.4. The second-order valence-electron chi connectivity index (χ2n) is 8.49. The lowest BCUT2D eigenvalue weighted by atomic mass is 9.97. The van der Waals surface area contributed by atoms with E-state index in [2.05, 4.69) is 5.32 Å². The number of carbonyl (C=O) groups excluding carboxylic acids is 3. The van der Waals surface area contributed by atoms with Gasteiger partial charge in [-0.1, -0.05) is 66.7 Å². The van der Waals surface area contributed by atoms with Crippen LogP contribution >= 0.6 is 0 Å². The van der Waals surface area contributed by atoms with Crippen molar-refractivity contribution in [3.63, 3.8) is 0 Å². The molecule has 0 bridgehead atoms. The second-order valence-corrected chi connectivity index (χ2v) is 8.49. The smallest absolute Gasteiger partial charge is 0.244 e. The first-order chi connectivity index (χ1) is 16.9. The molecule has 0 radical (unpaired) electrons. The Morgan fingerprint density at radius 2 is 1.54 bits per heavy atom. The lowest BCUT2D eigenvalue weighted by Crippen LogP contribution is -2.42. The number of ketones is 2. The molecule has 0 saturated carbocycles. The number of hydrogen-bond acceptors (Lipinski definition) is 5. The molecule has 3 rings (SSSR count). The zero-order valence-corrected chi connectivity index (χ0v) is 20.0. The van der Waals surface area contributed by atoms with Gasteiger partial charge in [-0.05, 0) is 41.3 Å². The minimum Gasteiger partial charge on any atom is -0.388 e. The molecule has 3 aromatic carbocycles. The minimum atomic E-state index is -0.704. The van der Waals surface area contributed by atoms with Gasteiger partial charge in [-0.2, -0.15) is 0 Å². The topological polar surface area (TPSA) is 86.7 Å². The molecular formula is C29H30N2O4. The molecule has 0 aliphatic carbocycles. The third-order valence-corrected chi connectivity index (χ3v) is 5.62. The third-order valence-electron chi connectivity index (χ3n) is 5.62. The van der Waals surface area contributed by atoms with Crippen molar-refractivity contribution in [2.75, 3.05) is 25.6 Å². The number of carbonyl (C=O) groups is 3. The molecule has 0 aromatic heterocycles. The summed E-state index contributed by atoms with van der Waals surface area (Å²) < 4.78 is 0. The summed E-state index contributed by atoms with van der Waals surface area (Å²) in [6.07, 6.45) is 3.64. The van der Waals surface area contributed by atoms with E-state index in [0.29, 0.717) is 12.0 Å². The van der Waals surface area contributed by atoms with Crippen LogP contribution in [0.2, 0.25) is 0 Å². The average molecular weight is 471 g/mol. The van der Waals surface area contributed by atoms with Crippen molar-refractivity contribution in [1.29, 1.82) is 0 Å². The first kappa shape index (κ1) is 25.6. The third kappa shape index (κ3) is 7.76. The SMILES string of the molecule is CN(C)c1ccc(/C=C/C(=O)N[C@@H](Cc2ccccc2)C(=O)Cc2ccc(C(=O)CO)cc2)cc1. The van der Waals surface area contributed by atoms with Crippen LogP contribution in [0.3, 0.4) is 0 Å². The van der Waals surface area contributed by atoms with Crippen molar-refractivity contribution in [2.24, 2.45) is 0 Å². The lowest BCUT2D eigenvalue weighted by Gasteiger charge is -2.17. The molecule has 1 atom stereocenters. The lowest BCUT2D eigenvalue weighted by molar-refractivity contribution is -0.125. The number of aliphatic hydroxyl groups is 1. The van der Waals surface area contributed by atoms with E-state index in [1.807, 2.05) is 73.6 Å². The van der Waals surface area contributed by atoms with E-state index in [1.54, 1.807) is 30.3 Å². The van der Waals surface area contributed by atoms with Crippen molar-refractivity contribution in [1.82, 2.24) is 5.32 Å². The number of hydrogen-bond donors (Lipinski definition) is 2. The van der Waals surface area contributed by atoms with Crippen LogP contribution in [0.15, 0.2) is 84.9 Å². The van der Waals surface area contributed by atoms with Crippen molar-refractivity contribution < 1.29 is 19.5 Å². The van der Waals surface area contributed by atoms with Gasteiger partial charge in [0.15, 0.2) is 11.6 Å². The monoisotopic (exact) mass is 470 g/mol. The van der Waals surface area contributed by atoms with Crippen molar-refractivity contribution >= 4 is 29.2 Å². The Labute approximate surface area is 205 Å². The normalized spacial score (nSPS) is 11.7. The van der Waals surface area contributed by atoms with Crippen LogP contribution in [0.5, 0.6) is 0 Å². The van der Waals surface area contributed by atoms with Crippen LogP contribution in [0.25, 0.3) is 6.08 Å². The fourth-order valence-electron chi connectivity index (χ4n) is 3.59. The first-order valence-electron chi connectivity index (χ1n) is 11.4. The Morgan fingerprint density at radius 3 is 2.14 bits per heavy atom. The van der Waals surface area contributed by atoms with Crippen LogP contribution in [-0.4, -0.2) is 49.3 Å². The highest BCUT2D eigenvalue weighted by Crippen LogP contribution is 2.14. The summed E-state index contributed by atoms with van der Waals surface area (Å²) in [5, 5.41) is 11.9. The molecule has 0 heterocycles. The van der Waals surface area contributed by atoms with Crippen LogP contribution in [-0.2, 0) is 22.4 Å². The number of nitrogens with one attached hydrogen (secondary N) is 1. The summed E-state index contributed by atoms with van der Waals surface area (Å²) in [4.78, 5) is 39.4. The summed E-state index contributed by atoms with van der Waals surface area (Å²) >= 11 is 0. The van der Waals surface area contributed by atoms with Gasteiger partial charge >= 0.3 is 0 Å². The predicted octanol–water partition coefficient (Wildman–Crippen LogP) is 3.48. The van der Waals surface area contributed by atoms with Gasteiger partial charge in [-0.15, -0.1) is 0 Å². The molecule has 2 N–H and O–H groups in total. The highest BCUT2D eigenvalue weighted by atomic mass is 16.3. The van der Waals surface area contributed by atoms with E-state index in [4.69, 9.17) is 5.11 Å². The van der Waals surface area contributed by atoms with Gasteiger partial charge in [-0.3, -0.25) is 14.4 Å². The maximum Gasteiger partial charge on any atom is 0.244 e. The van der Waals surface area contributed by atoms with Gasteiger partial charge in [0, 0.05) is 37.8 Å². The Hall–Kier alpha value is -4.03. The fraction of sp³-hybridized carbons (Fsp3) is 0.207. The molecule has 0 spiro atoms. The van der Waals surface area contributed by atoms with Gasteiger partial charge in [0.1, 0.15) is 6.61 Å². The number of amides is 1. The molecule has 6 nitrogen and oxygen atoms in total. The molecule has 1 amide bonds. The average Bonchev–Trinajstić information content (AvgIpc) is 2.88.